The molecule has 0 aliphatic carbocycles. The molecule has 4 heteroatoms. The second-order valence-corrected chi connectivity index (χ2v) is 5.74. The molecule has 1 aromatic carbocycles. The van der Waals surface area contributed by atoms with Gasteiger partial charge < -0.3 is 10.2 Å². The summed E-state index contributed by atoms with van der Waals surface area (Å²) in [6, 6.07) is 8.96. The van der Waals surface area contributed by atoms with E-state index in [4.69, 9.17) is 0 Å². The number of anilines is 2. The van der Waals surface area contributed by atoms with Gasteiger partial charge in [0.15, 0.2) is 0 Å². The van der Waals surface area contributed by atoms with Crippen molar-refractivity contribution < 1.29 is 0 Å². The van der Waals surface area contributed by atoms with E-state index in [1.165, 1.54) is 37.2 Å². The first-order chi connectivity index (χ1) is 10.2. The van der Waals surface area contributed by atoms with Crippen LogP contribution in [0.4, 0.5) is 11.6 Å². The van der Waals surface area contributed by atoms with Gasteiger partial charge in [-0.05, 0) is 49.9 Å². The van der Waals surface area contributed by atoms with E-state index < -0.39 is 0 Å². The molecule has 1 fully saturated rings. The second kappa shape index (κ2) is 6.12. The smallest absolute Gasteiger partial charge is 0.223 e. The Bertz CT molecular complexity index is 588. The molecule has 0 spiro atoms. The van der Waals surface area contributed by atoms with Gasteiger partial charge in [-0.25, -0.2) is 9.97 Å². The SMILES string of the molecule is Cc1cnc(NC(C)c2cccc(N3CCCC3)c2)nc1. The predicted octanol–water partition coefficient (Wildman–Crippen LogP) is 3.56. The van der Waals surface area contributed by atoms with Gasteiger partial charge in [-0.3, -0.25) is 0 Å². The summed E-state index contributed by atoms with van der Waals surface area (Å²) >= 11 is 0. The van der Waals surface area contributed by atoms with Gasteiger partial charge in [0.05, 0.1) is 6.04 Å². The van der Waals surface area contributed by atoms with Crippen LogP contribution < -0.4 is 10.2 Å². The maximum atomic E-state index is 4.31. The van der Waals surface area contributed by atoms with E-state index >= 15 is 0 Å². The summed E-state index contributed by atoms with van der Waals surface area (Å²) < 4.78 is 0. The van der Waals surface area contributed by atoms with Crippen LogP contribution in [-0.4, -0.2) is 23.1 Å². The first kappa shape index (κ1) is 13.9. The minimum Gasteiger partial charge on any atom is -0.372 e. The van der Waals surface area contributed by atoms with Crippen LogP contribution in [0.25, 0.3) is 0 Å². The molecule has 0 amide bonds. The summed E-state index contributed by atoms with van der Waals surface area (Å²) in [5.74, 6) is 0.680. The Morgan fingerprint density at radius 2 is 1.86 bits per heavy atom. The molecule has 0 saturated carbocycles. The molecule has 2 aromatic rings. The molecule has 1 aliphatic heterocycles. The van der Waals surface area contributed by atoms with Crippen LogP contribution in [0.3, 0.4) is 0 Å². The molecule has 0 bridgehead atoms. The summed E-state index contributed by atoms with van der Waals surface area (Å²) in [7, 11) is 0. The number of nitrogens with zero attached hydrogens (tertiary/aromatic N) is 3. The molecular weight excluding hydrogens is 260 g/mol. The van der Waals surface area contributed by atoms with E-state index in [9.17, 15) is 0 Å². The minimum absolute atomic E-state index is 0.190. The molecule has 3 rings (SSSR count). The molecule has 0 radical (unpaired) electrons. The molecule has 1 aromatic heterocycles. The fourth-order valence-electron chi connectivity index (χ4n) is 2.71. The highest BCUT2D eigenvalue weighted by atomic mass is 15.1. The third kappa shape index (κ3) is 3.32. The minimum atomic E-state index is 0.190. The molecule has 2 heterocycles. The quantitative estimate of drug-likeness (QED) is 0.931. The van der Waals surface area contributed by atoms with Crippen molar-refractivity contribution in [2.75, 3.05) is 23.3 Å². The number of rotatable bonds is 4. The number of aryl methyl sites for hydroxylation is 1. The van der Waals surface area contributed by atoms with Crippen molar-refractivity contribution in [2.24, 2.45) is 0 Å². The van der Waals surface area contributed by atoms with Gasteiger partial charge in [-0.15, -0.1) is 0 Å². The van der Waals surface area contributed by atoms with E-state index in [0.29, 0.717) is 5.95 Å². The van der Waals surface area contributed by atoms with Gasteiger partial charge in [-0.2, -0.15) is 0 Å². The molecule has 21 heavy (non-hydrogen) atoms. The Hall–Kier alpha value is -2.10. The summed E-state index contributed by atoms with van der Waals surface area (Å²) in [5.41, 5.74) is 3.66. The number of aromatic nitrogens is 2. The predicted molar refractivity (Wildman–Crippen MR) is 86.7 cm³/mol. The zero-order valence-electron chi connectivity index (χ0n) is 12.7. The number of benzene rings is 1. The maximum Gasteiger partial charge on any atom is 0.223 e. The fraction of sp³-hybridized carbons (Fsp3) is 0.412. The van der Waals surface area contributed by atoms with Crippen molar-refractivity contribution in [3.8, 4) is 0 Å². The van der Waals surface area contributed by atoms with Gasteiger partial charge in [0, 0.05) is 31.2 Å². The van der Waals surface area contributed by atoms with E-state index in [2.05, 4.69) is 51.4 Å². The fourth-order valence-corrected chi connectivity index (χ4v) is 2.71. The van der Waals surface area contributed by atoms with Crippen LogP contribution in [0.2, 0.25) is 0 Å². The van der Waals surface area contributed by atoms with Crippen molar-refractivity contribution in [1.29, 1.82) is 0 Å². The lowest BCUT2D eigenvalue weighted by Crippen LogP contribution is -2.18. The Labute approximate surface area is 126 Å². The van der Waals surface area contributed by atoms with Gasteiger partial charge in [0.25, 0.3) is 0 Å². The lowest BCUT2D eigenvalue weighted by Gasteiger charge is -2.20. The Morgan fingerprint density at radius 3 is 2.57 bits per heavy atom. The number of hydrogen-bond acceptors (Lipinski definition) is 4. The lowest BCUT2D eigenvalue weighted by atomic mass is 10.1. The van der Waals surface area contributed by atoms with Crippen LogP contribution in [0.5, 0.6) is 0 Å². The topological polar surface area (TPSA) is 41.1 Å². The monoisotopic (exact) mass is 282 g/mol. The van der Waals surface area contributed by atoms with Crippen molar-refractivity contribution in [3.05, 3.63) is 47.8 Å². The molecule has 1 N–H and O–H groups in total. The average molecular weight is 282 g/mol. The summed E-state index contributed by atoms with van der Waals surface area (Å²) in [6.07, 6.45) is 6.27. The van der Waals surface area contributed by atoms with E-state index in [0.717, 1.165) is 5.56 Å². The normalized spacial score (nSPS) is 16.0. The van der Waals surface area contributed by atoms with Crippen molar-refractivity contribution >= 4 is 11.6 Å². The molecule has 1 atom stereocenters. The average Bonchev–Trinajstić information content (AvgIpc) is 3.04. The number of nitrogens with one attached hydrogen (secondary N) is 1. The molecule has 1 saturated heterocycles. The molecule has 1 aliphatic rings. The van der Waals surface area contributed by atoms with Gasteiger partial charge in [0.1, 0.15) is 0 Å². The Kier molecular flexibility index (Phi) is 4.04. The Morgan fingerprint density at radius 1 is 1.14 bits per heavy atom. The largest absolute Gasteiger partial charge is 0.372 e. The molecule has 4 nitrogen and oxygen atoms in total. The van der Waals surface area contributed by atoms with Gasteiger partial charge in [0.2, 0.25) is 5.95 Å². The highest BCUT2D eigenvalue weighted by molar-refractivity contribution is 5.50. The van der Waals surface area contributed by atoms with Crippen molar-refractivity contribution in [1.82, 2.24) is 9.97 Å². The van der Waals surface area contributed by atoms with Gasteiger partial charge >= 0.3 is 0 Å². The van der Waals surface area contributed by atoms with E-state index in [-0.39, 0.29) is 6.04 Å². The first-order valence-corrected chi connectivity index (χ1v) is 7.62. The standard InChI is InChI=1S/C17H22N4/c1-13-11-18-17(19-12-13)20-14(2)15-6-5-7-16(10-15)21-8-3-4-9-21/h5-7,10-12,14H,3-4,8-9H2,1-2H3,(H,18,19,20). The summed E-state index contributed by atoms with van der Waals surface area (Å²) in [6.45, 7) is 6.48. The molecule has 110 valence electrons. The van der Waals surface area contributed by atoms with Crippen LogP contribution in [0.1, 0.15) is 36.9 Å². The zero-order chi connectivity index (χ0) is 14.7. The van der Waals surface area contributed by atoms with Crippen LogP contribution in [-0.2, 0) is 0 Å². The molecule has 1 unspecified atom stereocenters. The number of hydrogen-bond donors (Lipinski definition) is 1. The van der Waals surface area contributed by atoms with E-state index in [1.54, 1.807) is 0 Å². The highest BCUT2D eigenvalue weighted by Crippen LogP contribution is 2.25. The maximum absolute atomic E-state index is 4.31. The van der Waals surface area contributed by atoms with Crippen LogP contribution in [0, 0.1) is 6.92 Å². The molecular formula is C17H22N4. The van der Waals surface area contributed by atoms with Crippen LogP contribution >= 0.6 is 0 Å². The first-order valence-electron chi connectivity index (χ1n) is 7.62. The van der Waals surface area contributed by atoms with Crippen molar-refractivity contribution in [3.63, 3.8) is 0 Å². The third-order valence-corrected chi connectivity index (χ3v) is 3.97. The van der Waals surface area contributed by atoms with E-state index in [1.807, 2.05) is 19.3 Å². The van der Waals surface area contributed by atoms with Crippen molar-refractivity contribution in [2.45, 2.75) is 32.7 Å². The van der Waals surface area contributed by atoms with Gasteiger partial charge in [-0.1, -0.05) is 12.1 Å². The summed E-state index contributed by atoms with van der Waals surface area (Å²) in [4.78, 5) is 11.1. The highest BCUT2D eigenvalue weighted by Gasteiger charge is 2.14. The van der Waals surface area contributed by atoms with Crippen LogP contribution in [0.15, 0.2) is 36.7 Å². The lowest BCUT2D eigenvalue weighted by molar-refractivity contribution is 0.855. The second-order valence-electron chi connectivity index (χ2n) is 5.74. The summed E-state index contributed by atoms with van der Waals surface area (Å²) in [5, 5.41) is 3.36. The zero-order valence-corrected chi connectivity index (χ0v) is 12.7. The third-order valence-electron chi connectivity index (χ3n) is 3.97. The Balaban J connectivity index is 1.73.